The molecule has 0 aliphatic rings. The lowest BCUT2D eigenvalue weighted by atomic mass is 10.1. The Morgan fingerprint density at radius 2 is 2.32 bits per heavy atom. The largest absolute Gasteiger partial charge is 0.383 e. The van der Waals surface area contributed by atoms with Gasteiger partial charge in [-0.2, -0.15) is 5.10 Å². The van der Waals surface area contributed by atoms with Gasteiger partial charge in [0.25, 0.3) is 0 Å². The molecule has 1 N–H and O–H groups in total. The van der Waals surface area contributed by atoms with E-state index >= 15 is 0 Å². The Bertz CT molecular complexity index is 557. The molecule has 102 valence electrons. The second-order valence-corrected chi connectivity index (χ2v) is 4.66. The molecule has 0 aliphatic heterocycles. The first kappa shape index (κ1) is 14.0. The van der Waals surface area contributed by atoms with Crippen LogP contribution in [0, 0.1) is 6.92 Å². The minimum absolute atomic E-state index is 0.423. The molecule has 0 aliphatic carbocycles. The Balaban J connectivity index is 2.32. The predicted octanol–water partition coefficient (Wildman–Crippen LogP) is 1.97. The van der Waals surface area contributed by atoms with E-state index in [1.807, 2.05) is 19.1 Å². The molecular weight excluding hydrogens is 266 g/mol. The minimum Gasteiger partial charge on any atom is -0.383 e. The number of pyridine rings is 1. The van der Waals surface area contributed by atoms with E-state index in [9.17, 15) is 5.11 Å². The van der Waals surface area contributed by atoms with Gasteiger partial charge in [0.1, 0.15) is 6.10 Å². The summed E-state index contributed by atoms with van der Waals surface area (Å²) in [7, 11) is 1.61. The number of aromatic nitrogens is 3. The molecule has 0 amide bonds. The average molecular weight is 282 g/mol. The predicted molar refractivity (Wildman–Crippen MR) is 72.1 cm³/mol. The van der Waals surface area contributed by atoms with Crippen LogP contribution in [0.1, 0.15) is 23.1 Å². The van der Waals surface area contributed by atoms with Crippen LogP contribution in [-0.2, 0) is 11.3 Å². The van der Waals surface area contributed by atoms with E-state index in [4.69, 9.17) is 16.3 Å². The molecule has 1 atom stereocenters. The van der Waals surface area contributed by atoms with Gasteiger partial charge in [-0.3, -0.25) is 9.67 Å². The summed E-state index contributed by atoms with van der Waals surface area (Å²) in [6.45, 7) is 2.97. The third-order valence-electron chi connectivity index (χ3n) is 2.82. The lowest BCUT2D eigenvalue weighted by molar-refractivity contribution is 0.170. The molecule has 0 saturated heterocycles. The van der Waals surface area contributed by atoms with Gasteiger partial charge >= 0.3 is 0 Å². The molecule has 2 aromatic heterocycles. The molecule has 19 heavy (non-hydrogen) atoms. The van der Waals surface area contributed by atoms with E-state index in [2.05, 4.69) is 10.1 Å². The Kier molecular flexibility index (Phi) is 4.52. The summed E-state index contributed by atoms with van der Waals surface area (Å²) < 4.78 is 6.65. The van der Waals surface area contributed by atoms with Gasteiger partial charge in [-0.1, -0.05) is 11.6 Å². The van der Waals surface area contributed by atoms with Gasteiger partial charge < -0.3 is 9.84 Å². The maximum atomic E-state index is 10.4. The Morgan fingerprint density at radius 3 is 3.00 bits per heavy atom. The van der Waals surface area contributed by atoms with Gasteiger partial charge in [0.2, 0.25) is 0 Å². The van der Waals surface area contributed by atoms with E-state index in [1.54, 1.807) is 18.0 Å². The maximum absolute atomic E-state index is 10.4. The summed E-state index contributed by atoms with van der Waals surface area (Å²) in [6.07, 6.45) is 2.29. The van der Waals surface area contributed by atoms with Gasteiger partial charge in [0, 0.05) is 13.3 Å². The van der Waals surface area contributed by atoms with E-state index in [-0.39, 0.29) is 0 Å². The summed E-state index contributed by atoms with van der Waals surface area (Å²) >= 11 is 6.10. The van der Waals surface area contributed by atoms with Gasteiger partial charge in [0.15, 0.2) is 0 Å². The van der Waals surface area contributed by atoms with Crippen molar-refractivity contribution in [1.82, 2.24) is 14.8 Å². The van der Waals surface area contributed by atoms with Crippen LogP contribution >= 0.6 is 11.6 Å². The molecular formula is C13H16ClN3O2. The zero-order valence-corrected chi connectivity index (χ0v) is 11.6. The molecule has 0 fully saturated rings. The first-order chi connectivity index (χ1) is 9.13. The van der Waals surface area contributed by atoms with Crippen molar-refractivity contribution in [2.24, 2.45) is 0 Å². The van der Waals surface area contributed by atoms with Crippen molar-refractivity contribution in [3.05, 3.63) is 46.5 Å². The van der Waals surface area contributed by atoms with E-state index in [0.29, 0.717) is 29.6 Å². The fourth-order valence-corrected chi connectivity index (χ4v) is 2.09. The topological polar surface area (TPSA) is 60.2 Å². The monoisotopic (exact) mass is 281 g/mol. The number of aliphatic hydroxyl groups is 1. The zero-order chi connectivity index (χ0) is 13.8. The number of aliphatic hydroxyl groups excluding tert-OH is 1. The maximum Gasteiger partial charge on any atom is 0.139 e. The number of hydrogen-bond acceptors (Lipinski definition) is 4. The van der Waals surface area contributed by atoms with Crippen LogP contribution in [0.15, 0.2) is 24.5 Å². The summed E-state index contributed by atoms with van der Waals surface area (Å²) in [5.74, 6) is 0. The quantitative estimate of drug-likeness (QED) is 0.910. The highest BCUT2D eigenvalue weighted by Crippen LogP contribution is 2.27. The average Bonchev–Trinajstić information content (AvgIpc) is 2.76. The number of methoxy groups -OCH3 is 1. The normalized spacial score (nSPS) is 12.6. The fourth-order valence-electron chi connectivity index (χ4n) is 1.85. The molecule has 0 radical (unpaired) electrons. The van der Waals surface area contributed by atoms with Crippen LogP contribution in [0.25, 0.3) is 0 Å². The molecule has 2 aromatic rings. The van der Waals surface area contributed by atoms with Gasteiger partial charge in [-0.15, -0.1) is 0 Å². The Labute approximate surface area is 116 Å². The molecule has 6 heteroatoms. The van der Waals surface area contributed by atoms with Crippen molar-refractivity contribution in [1.29, 1.82) is 0 Å². The van der Waals surface area contributed by atoms with Crippen LogP contribution in [0.4, 0.5) is 0 Å². The number of rotatable bonds is 5. The molecule has 2 heterocycles. The highest BCUT2D eigenvalue weighted by molar-refractivity contribution is 6.31. The van der Waals surface area contributed by atoms with Crippen molar-refractivity contribution in [3.8, 4) is 0 Å². The summed E-state index contributed by atoms with van der Waals surface area (Å²) in [6, 6.07) is 3.70. The van der Waals surface area contributed by atoms with Crippen molar-refractivity contribution < 1.29 is 9.84 Å². The van der Waals surface area contributed by atoms with Crippen LogP contribution in [0.2, 0.25) is 5.02 Å². The van der Waals surface area contributed by atoms with Crippen LogP contribution in [0.5, 0.6) is 0 Å². The fraction of sp³-hybridized carbons (Fsp3) is 0.385. The van der Waals surface area contributed by atoms with Gasteiger partial charge in [-0.05, 0) is 24.6 Å². The zero-order valence-electron chi connectivity index (χ0n) is 10.9. The Hall–Kier alpha value is -1.43. The third kappa shape index (κ3) is 3.12. The molecule has 1 unspecified atom stereocenters. The standard InChI is InChI=1S/C13H16ClN3O2/c1-9-3-4-15-11(7-9)13(18)12-10(14)8-16-17(12)5-6-19-2/h3-4,7-8,13,18H,5-6H2,1-2H3. The first-order valence-corrected chi connectivity index (χ1v) is 6.32. The number of ether oxygens (including phenoxy) is 1. The SMILES string of the molecule is COCCn1ncc(Cl)c1C(O)c1cc(C)ccn1. The van der Waals surface area contributed by atoms with Crippen molar-refractivity contribution in [2.45, 2.75) is 19.6 Å². The molecule has 0 saturated carbocycles. The first-order valence-electron chi connectivity index (χ1n) is 5.94. The smallest absolute Gasteiger partial charge is 0.139 e. The number of nitrogens with zero attached hydrogens (tertiary/aromatic N) is 3. The third-order valence-corrected chi connectivity index (χ3v) is 3.11. The summed E-state index contributed by atoms with van der Waals surface area (Å²) in [4.78, 5) is 4.18. The second kappa shape index (κ2) is 6.14. The number of aryl methyl sites for hydroxylation is 1. The highest BCUT2D eigenvalue weighted by Gasteiger charge is 2.20. The van der Waals surface area contributed by atoms with Gasteiger partial charge in [0.05, 0.1) is 35.8 Å². The van der Waals surface area contributed by atoms with Gasteiger partial charge in [-0.25, -0.2) is 0 Å². The van der Waals surface area contributed by atoms with Crippen LogP contribution in [0.3, 0.4) is 0 Å². The number of hydrogen-bond donors (Lipinski definition) is 1. The molecule has 0 spiro atoms. The molecule has 2 rings (SSSR count). The van der Waals surface area contributed by atoms with E-state index < -0.39 is 6.10 Å². The number of halogens is 1. The minimum atomic E-state index is -0.897. The second-order valence-electron chi connectivity index (χ2n) is 4.25. The summed E-state index contributed by atoms with van der Waals surface area (Å²) in [5.41, 5.74) is 2.13. The molecule has 5 nitrogen and oxygen atoms in total. The molecule has 0 bridgehead atoms. The van der Waals surface area contributed by atoms with E-state index in [0.717, 1.165) is 5.56 Å². The Morgan fingerprint density at radius 1 is 1.53 bits per heavy atom. The lowest BCUT2D eigenvalue weighted by Crippen LogP contribution is -2.14. The lowest BCUT2D eigenvalue weighted by Gasteiger charge is -2.14. The summed E-state index contributed by atoms with van der Waals surface area (Å²) in [5, 5.41) is 15.0. The van der Waals surface area contributed by atoms with Crippen molar-refractivity contribution in [3.63, 3.8) is 0 Å². The highest BCUT2D eigenvalue weighted by atomic mass is 35.5. The van der Waals surface area contributed by atoms with E-state index in [1.165, 1.54) is 6.20 Å². The van der Waals surface area contributed by atoms with Crippen LogP contribution in [-0.4, -0.2) is 33.6 Å². The van der Waals surface area contributed by atoms with Crippen molar-refractivity contribution >= 4 is 11.6 Å². The molecule has 0 aromatic carbocycles. The van der Waals surface area contributed by atoms with Crippen molar-refractivity contribution in [2.75, 3.05) is 13.7 Å². The van der Waals surface area contributed by atoms with Crippen LogP contribution < -0.4 is 0 Å².